The first kappa shape index (κ1) is 16.5. The fraction of sp³-hybridized carbons (Fsp3) is 0.600. The van der Waals surface area contributed by atoms with E-state index in [1.165, 1.54) is 4.88 Å². The van der Waals surface area contributed by atoms with E-state index in [1.807, 2.05) is 0 Å². The summed E-state index contributed by atoms with van der Waals surface area (Å²) in [6.45, 7) is 11.8. The van der Waals surface area contributed by atoms with Gasteiger partial charge in [-0.05, 0) is 44.1 Å². The van der Waals surface area contributed by atoms with Crippen molar-refractivity contribution in [2.75, 3.05) is 25.0 Å². The van der Waals surface area contributed by atoms with Gasteiger partial charge in [-0.2, -0.15) is 0 Å². The van der Waals surface area contributed by atoms with Crippen LogP contribution in [0.5, 0.6) is 0 Å². The number of hydrogen-bond donors (Lipinski definition) is 1. The lowest BCUT2D eigenvalue weighted by Gasteiger charge is -2.23. The molecule has 21 heavy (non-hydrogen) atoms. The Bertz CT molecular complexity index is 595. The van der Waals surface area contributed by atoms with Gasteiger partial charge in [0.15, 0.2) is 0 Å². The van der Waals surface area contributed by atoms with Gasteiger partial charge in [0.25, 0.3) is 0 Å². The van der Waals surface area contributed by atoms with E-state index in [-0.39, 0.29) is 0 Å². The zero-order valence-electron chi connectivity index (χ0n) is 13.1. The van der Waals surface area contributed by atoms with Crippen molar-refractivity contribution in [2.24, 2.45) is 0 Å². The van der Waals surface area contributed by atoms with Crippen molar-refractivity contribution in [2.45, 2.75) is 40.2 Å². The zero-order valence-corrected chi connectivity index (χ0v) is 14.7. The molecule has 2 rings (SSSR count). The third-order valence-corrected chi connectivity index (χ3v) is 4.92. The minimum atomic E-state index is 0.309. The van der Waals surface area contributed by atoms with Crippen molar-refractivity contribution < 1.29 is 0 Å². The predicted octanol–water partition coefficient (Wildman–Crippen LogP) is 4.05. The molecular formula is C15H23ClN4S. The van der Waals surface area contributed by atoms with Crippen LogP contribution in [0, 0.1) is 0 Å². The molecule has 0 bridgehead atoms. The molecule has 116 valence electrons. The maximum atomic E-state index is 6.05. The molecule has 4 nitrogen and oxygen atoms in total. The van der Waals surface area contributed by atoms with Crippen LogP contribution in [0.3, 0.4) is 0 Å². The second kappa shape index (κ2) is 7.38. The van der Waals surface area contributed by atoms with Crippen LogP contribution < -0.4 is 5.32 Å². The number of hydrogen-bond acceptors (Lipinski definition) is 5. The van der Waals surface area contributed by atoms with E-state index < -0.39 is 0 Å². The van der Waals surface area contributed by atoms with E-state index in [1.54, 1.807) is 11.3 Å². The van der Waals surface area contributed by atoms with E-state index >= 15 is 0 Å². The Morgan fingerprint density at radius 1 is 1.29 bits per heavy atom. The Labute approximate surface area is 135 Å². The molecule has 0 aromatic carbocycles. The molecule has 0 aliphatic carbocycles. The van der Waals surface area contributed by atoms with Gasteiger partial charge < -0.3 is 10.2 Å². The molecule has 0 spiro atoms. The molecule has 0 aliphatic rings. The van der Waals surface area contributed by atoms with Crippen LogP contribution in [0.25, 0.3) is 10.2 Å². The lowest BCUT2D eigenvalue weighted by molar-refractivity contribution is 0.294. The lowest BCUT2D eigenvalue weighted by atomic mass is 10.2. The normalized spacial score (nSPS) is 13.0. The van der Waals surface area contributed by atoms with Crippen LogP contribution in [0.1, 0.15) is 32.6 Å². The maximum absolute atomic E-state index is 6.05. The highest BCUT2D eigenvalue weighted by Gasteiger charge is 2.14. The molecule has 2 heterocycles. The summed E-state index contributed by atoms with van der Waals surface area (Å²) in [5, 5.41) is 4.88. The van der Waals surface area contributed by atoms with E-state index in [0.29, 0.717) is 11.3 Å². The molecule has 0 radical (unpaired) electrons. The smallest absolute Gasteiger partial charge is 0.225 e. The Kier molecular flexibility index (Phi) is 5.79. The van der Waals surface area contributed by atoms with Crippen LogP contribution in [-0.2, 0) is 6.42 Å². The minimum Gasteiger partial charge on any atom is -0.366 e. The molecule has 2 aromatic heterocycles. The SMILES string of the molecule is CCc1cc2c(NC(C)CN(CC)CC)nc(Cl)nc2s1. The molecule has 2 aromatic rings. The number of fused-ring (bicyclic) bond motifs is 1. The number of halogens is 1. The molecular weight excluding hydrogens is 304 g/mol. The van der Waals surface area contributed by atoms with Crippen molar-refractivity contribution >= 4 is 39.0 Å². The topological polar surface area (TPSA) is 41.0 Å². The monoisotopic (exact) mass is 326 g/mol. The first-order valence-corrected chi connectivity index (χ1v) is 8.71. The molecule has 1 atom stereocenters. The fourth-order valence-electron chi connectivity index (χ4n) is 2.38. The standard InChI is InChI=1S/C15H23ClN4S/c1-5-11-8-12-13(18-15(16)19-14(12)21-11)17-10(4)9-20(6-2)7-3/h8,10H,5-7,9H2,1-4H3,(H,17,18,19). The largest absolute Gasteiger partial charge is 0.366 e. The van der Waals surface area contributed by atoms with E-state index in [0.717, 1.165) is 42.1 Å². The summed E-state index contributed by atoms with van der Waals surface area (Å²) in [7, 11) is 0. The average Bonchev–Trinajstić information content (AvgIpc) is 2.87. The number of likely N-dealkylation sites (N-methyl/N-ethyl adjacent to an activating group) is 1. The van der Waals surface area contributed by atoms with Gasteiger partial charge in [0, 0.05) is 17.5 Å². The van der Waals surface area contributed by atoms with Gasteiger partial charge in [-0.25, -0.2) is 9.97 Å². The Morgan fingerprint density at radius 3 is 2.62 bits per heavy atom. The minimum absolute atomic E-state index is 0.309. The highest BCUT2D eigenvalue weighted by molar-refractivity contribution is 7.18. The number of nitrogens with zero attached hydrogens (tertiary/aromatic N) is 3. The molecule has 6 heteroatoms. The van der Waals surface area contributed by atoms with Gasteiger partial charge in [0.1, 0.15) is 10.6 Å². The second-order valence-electron chi connectivity index (χ2n) is 5.16. The number of aromatic nitrogens is 2. The zero-order chi connectivity index (χ0) is 15.4. The molecule has 0 amide bonds. The molecule has 0 saturated carbocycles. The van der Waals surface area contributed by atoms with Crippen molar-refractivity contribution in [1.29, 1.82) is 0 Å². The fourth-order valence-corrected chi connectivity index (χ4v) is 3.56. The number of anilines is 1. The van der Waals surface area contributed by atoms with Crippen molar-refractivity contribution in [3.8, 4) is 0 Å². The first-order chi connectivity index (χ1) is 10.1. The van der Waals surface area contributed by atoms with Gasteiger partial charge in [0.2, 0.25) is 5.28 Å². The van der Waals surface area contributed by atoms with E-state index in [4.69, 9.17) is 11.6 Å². The Morgan fingerprint density at radius 2 is 2.00 bits per heavy atom. The van der Waals surface area contributed by atoms with Crippen LogP contribution >= 0.6 is 22.9 Å². The van der Waals surface area contributed by atoms with Gasteiger partial charge >= 0.3 is 0 Å². The number of aryl methyl sites for hydroxylation is 1. The van der Waals surface area contributed by atoms with Gasteiger partial charge in [-0.3, -0.25) is 0 Å². The molecule has 1 unspecified atom stereocenters. The quantitative estimate of drug-likeness (QED) is 0.779. The maximum Gasteiger partial charge on any atom is 0.225 e. The summed E-state index contributed by atoms with van der Waals surface area (Å²) < 4.78 is 0. The number of rotatable bonds is 7. The highest BCUT2D eigenvalue weighted by atomic mass is 35.5. The Hall–Kier alpha value is -0.910. The van der Waals surface area contributed by atoms with Crippen LogP contribution in [0.15, 0.2) is 6.07 Å². The third kappa shape index (κ3) is 4.05. The number of thiophene rings is 1. The summed E-state index contributed by atoms with van der Waals surface area (Å²) >= 11 is 7.74. The summed E-state index contributed by atoms with van der Waals surface area (Å²) in [4.78, 5) is 13.4. The van der Waals surface area contributed by atoms with Crippen molar-refractivity contribution in [1.82, 2.24) is 14.9 Å². The van der Waals surface area contributed by atoms with Crippen molar-refractivity contribution in [3.63, 3.8) is 0 Å². The lowest BCUT2D eigenvalue weighted by Crippen LogP contribution is -2.35. The second-order valence-corrected chi connectivity index (χ2v) is 6.61. The van der Waals surface area contributed by atoms with Crippen LogP contribution in [0.4, 0.5) is 5.82 Å². The molecule has 0 saturated heterocycles. The molecule has 0 aliphatic heterocycles. The molecule has 1 N–H and O–H groups in total. The predicted molar refractivity (Wildman–Crippen MR) is 92.7 cm³/mol. The molecule has 0 fully saturated rings. The third-order valence-electron chi connectivity index (χ3n) is 3.57. The van der Waals surface area contributed by atoms with Gasteiger partial charge in [-0.1, -0.05) is 20.8 Å². The summed E-state index contributed by atoms with van der Waals surface area (Å²) in [5.41, 5.74) is 0. The summed E-state index contributed by atoms with van der Waals surface area (Å²) in [6.07, 6.45) is 1.01. The summed E-state index contributed by atoms with van der Waals surface area (Å²) in [5.74, 6) is 0.848. The highest BCUT2D eigenvalue weighted by Crippen LogP contribution is 2.30. The van der Waals surface area contributed by atoms with Crippen molar-refractivity contribution in [3.05, 3.63) is 16.2 Å². The first-order valence-electron chi connectivity index (χ1n) is 7.52. The van der Waals surface area contributed by atoms with Gasteiger partial charge in [0.05, 0.1) is 5.39 Å². The van der Waals surface area contributed by atoms with Crippen LogP contribution in [0.2, 0.25) is 5.28 Å². The van der Waals surface area contributed by atoms with E-state index in [2.05, 4.69) is 53.9 Å². The Balaban J connectivity index is 2.22. The number of nitrogens with one attached hydrogen (secondary N) is 1. The van der Waals surface area contributed by atoms with E-state index in [9.17, 15) is 0 Å². The summed E-state index contributed by atoms with van der Waals surface area (Å²) in [6, 6.07) is 2.48. The van der Waals surface area contributed by atoms with Gasteiger partial charge in [-0.15, -0.1) is 11.3 Å². The average molecular weight is 327 g/mol. The van der Waals surface area contributed by atoms with Crippen LogP contribution in [-0.4, -0.2) is 40.5 Å².